The Morgan fingerprint density at radius 3 is 2.58 bits per heavy atom. The number of para-hydroxylation sites is 1. The number of pyridine rings is 1. The molecule has 0 radical (unpaired) electrons. The predicted octanol–water partition coefficient (Wildman–Crippen LogP) is 6.78. The smallest absolute Gasteiger partial charge is 0.162 e. The van der Waals surface area contributed by atoms with E-state index in [0.717, 1.165) is 41.7 Å². The Labute approximate surface area is 217 Å². The van der Waals surface area contributed by atoms with Crippen LogP contribution in [0.1, 0.15) is 12.0 Å². The second-order valence-electron chi connectivity index (χ2n) is 8.54. The molecule has 0 aliphatic carbocycles. The second kappa shape index (κ2) is 11.8. The minimum absolute atomic E-state index is 0. The van der Waals surface area contributed by atoms with Gasteiger partial charge >= 0.3 is 0 Å². The third-order valence-electron chi connectivity index (χ3n) is 6.31. The first kappa shape index (κ1) is 25.3. The molecular weight excluding hydrogens is 470 g/mol. The Bertz CT molecular complexity index is 1470. The maximum atomic E-state index is 10.2. The molecule has 0 atom stereocenters. The van der Waals surface area contributed by atoms with Crippen LogP contribution in [0.2, 0.25) is 0 Å². The SMILES string of the molecule is COc1cccc(CNCCCNc2ccnc3cc(-c4cccc5ccccc45)ccc23)c1O.Cl. The maximum absolute atomic E-state index is 10.2. The fraction of sp³-hybridized carbons (Fsp3) is 0.167. The predicted molar refractivity (Wildman–Crippen MR) is 151 cm³/mol. The van der Waals surface area contributed by atoms with Gasteiger partial charge in [-0.3, -0.25) is 4.98 Å². The third kappa shape index (κ3) is 5.38. The number of ether oxygens (including phenoxy) is 1. The zero-order valence-corrected chi connectivity index (χ0v) is 21.0. The van der Waals surface area contributed by atoms with E-state index in [0.29, 0.717) is 12.3 Å². The fourth-order valence-corrected chi connectivity index (χ4v) is 4.48. The topological polar surface area (TPSA) is 66.4 Å². The molecule has 36 heavy (non-hydrogen) atoms. The van der Waals surface area contributed by atoms with Gasteiger partial charge in [-0.05, 0) is 53.1 Å². The van der Waals surface area contributed by atoms with Crippen LogP contribution in [0.5, 0.6) is 11.5 Å². The van der Waals surface area contributed by atoms with Crippen LogP contribution >= 0.6 is 12.4 Å². The summed E-state index contributed by atoms with van der Waals surface area (Å²) in [4.78, 5) is 4.64. The summed E-state index contributed by atoms with van der Waals surface area (Å²) in [5.41, 5.74) is 5.29. The minimum Gasteiger partial charge on any atom is -0.504 e. The lowest BCUT2D eigenvalue weighted by Crippen LogP contribution is -2.17. The summed E-state index contributed by atoms with van der Waals surface area (Å²) in [5.74, 6) is 0.700. The lowest BCUT2D eigenvalue weighted by molar-refractivity contribution is 0.369. The molecule has 4 aromatic carbocycles. The van der Waals surface area contributed by atoms with Gasteiger partial charge in [0.1, 0.15) is 0 Å². The number of anilines is 1. The summed E-state index contributed by atoms with van der Waals surface area (Å²) in [6, 6.07) is 29.0. The van der Waals surface area contributed by atoms with Crippen LogP contribution < -0.4 is 15.4 Å². The quantitative estimate of drug-likeness (QED) is 0.195. The van der Waals surface area contributed by atoms with E-state index in [2.05, 4.69) is 76.3 Å². The Hall–Kier alpha value is -3.80. The number of hydrogen-bond acceptors (Lipinski definition) is 5. The number of halogens is 1. The molecule has 0 amide bonds. The van der Waals surface area contributed by atoms with E-state index in [1.54, 1.807) is 13.2 Å². The normalized spacial score (nSPS) is 10.8. The first-order valence-corrected chi connectivity index (χ1v) is 11.9. The molecule has 5 aromatic rings. The Kier molecular flexibility index (Phi) is 8.26. The lowest BCUT2D eigenvalue weighted by Gasteiger charge is -2.12. The van der Waals surface area contributed by atoms with Crippen LogP contribution in [-0.2, 0) is 6.54 Å². The summed E-state index contributed by atoms with van der Waals surface area (Å²) in [7, 11) is 1.56. The standard InChI is InChI=1S/C30H29N3O2.ClH/c1-35-29-12-5-9-23(30(29)34)20-31-16-6-17-32-27-15-18-33-28-19-22(13-14-26(27)28)25-11-4-8-21-7-2-3-10-24(21)25;/h2-5,7-15,18-19,31,34H,6,16-17,20H2,1H3,(H,32,33);1H. The van der Waals surface area contributed by atoms with Crippen molar-refractivity contribution >= 4 is 39.8 Å². The molecule has 6 heteroatoms. The van der Waals surface area contributed by atoms with Gasteiger partial charge in [0.2, 0.25) is 0 Å². The molecule has 0 spiro atoms. The van der Waals surface area contributed by atoms with Crippen molar-refractivity contribution in [3.05, 3.63) is 96.7 Å². The van der Waals surface area contributed by atoms with Crippen LogP contribution in [0.4, 0.5) is 5.69 Å². The van der Waals surface area contributed by atoms with Crippen LogP contribution in [0.25, 0.3) is 32.8 Å². The fourth-order valence-electron chi connectivity index (χ4n) is 4.48. The highest BCUT2D eigenvalue weighted by Crippen LogP contribution is 2.32. The Balaban J connectivity index is 0.00000304. The lowest BCUT2D eigenvalue weighted by atomic mass is 9.97. The highest BCUT2D eigenvalue weighted by Gasteiger charge is 2.08. The first-order chi connectivity index (χ1) is 17.2. The van der Waals surface area contributed by atoms with Gasteiger partial charge in [0.25, 0.3) is 0 Å². The van der Waals surface area contributed by atoms with Crippen molar-refractivity contribution in [1.82, 2.24) is 10.3 Å². The molecule has 1 aromatic heterocycles. The highest BCUT2D eigenvalue weighted by molar-refractivity contribution is 6.00. The van der Waals surface area contributed by atoms with Gasteiger partial charge < -0.3 is 20.5 Å². The van der Waals surface area contributed by atoms with E-state index in [1.165, 1.54) is 21.9 Å². The minimum atomic E-state index is 0. The monoisotopic (exact) mass is 499 g/mol. The number of nitrogens with zero attached hydrogens (tertiary/aromatic N) is 1. The molecule has 3 N–H and O–H groups in total. The molecule has 5 rings (SSSR count). The van der Waals surface area contributed by atoms with E-state index in [-0.39, 0.29) is 18.2 Å². The number of rotatable bonds is 9. The van der Waals surface area contributed by atoms with Crippen LogP contribution in [0.15, 0.2) is 91.1 Å². The summed E-state index contributed by atoms with van der Waals surface area (Å²) in [5, 5.41) is 20.8. The molecule has 0 bridgehead atoms. The van der Waals surface area contributed by atoms with Crippen molar-refractivity contribution in [2.24, 2.45) is 0 Å². The van der Waals surface area contributed by atoms with Crippen LogP contribution in [-0.4, -0.2) is 30.3 Å². The number of hydrogen-bond donors (Lipinski definition) is 3. The van der Waals surface area contributed by atoms with Crippen molar-refractivity contribution in [1.29, 1.82) is 0 Å². The zero-order chi connectivity index (χ0) is 24.0. The molecule has 0 aliphatic heterocycles. The number of aromatic nitrogens is 1. The van der Waals surface area contributed by atoms with Gasteiger partial charge in [0.15, 0.2) is 11.5 Å². The highest BCUT2D eigenvalue weighted by atomic mass is 35.5. The maximum Gasteiger partial charge on any atom is 0.162 e. The second-order valence-corrected chi connectivity index (χ2v) is 8.54. The van der Waals surface area contributed by atoms with Crippen LogP contribution in [0.3, 0.4) is 0 Å². The molecule has 0 aliphatic rings. The summed E-state index contributed by atoms with van der Waals surface area (Å²) in [6.45, 7) is 2.26. The van der Waals surface area contributed by atoms with Crippen molar-refractivity contribution in [2.75, 3.05) is 25.5 Å². The number of methoxy groups -OCH3 is 1. The van der Waals surface area contributed by atoms with E-state index in [4.69, 9.17) is 4.74 Å². The molecule has 184 valence electrons. The molecular formula is C30H30ClN3O2. The number of phenols is 1. The van der Waals surface area contributed by atoms with Crippen molar-refractivity contribution < 1.29 is 9.84 Å². The van der Waals surface area contributed by atoms with E-state index in [1.807, 2.05) is 24.4 Å². The van der Waals surface area contributed by atoms with E-state index in [9.17, 15) is 5.11 Å². The number of benzene rings is 4. The molecule has 0 unspecified atom stereocenters. The summed E-state index contributed by atoms with van der Waals surface area (Å²) in [6.07, 6.45) is 2.81. The van der Waals surface area contributed by atoms with E-state index >= 15 is 0 Å². The van der Waals surface area contributed by atoms with Crippen molar-refractivity contribution in [3.63, 3.8) is 0 Å². The van der Waals surface area contributed by atoms with Gasteiger partial charge in [-0.15, -0.1) is 12.4 Å². The van der Waals surface area contributed by atoms with Crippen molar-refractivity contribution in [2.45, 2.75) is 13.0 Å². The average Bonchev–Trinajstić information content (AvgIpc) is 2.91. The number of phenolic OH excluding ortho intramolecular Hbond substituents is 1. The molecule has 0 saturated heterocycles. The van der Waals surface area contributed by atoms with Crippen molar-refractivity contribution in [3.8, 4) is 22.6 Å². The first-order valence-electron chi connectivity index (χ1n) is 11.9. The Morgan fingerprint density at radius 1 is 0.861 bits per heavy atom. The number of aromatic hydroxyl groups is 1. The molecule has 0 fully saturated rings. The largest absolute Gasteiger partial charge is 0.504 e. The number of fused-ring (bicyclic) bond motifs is 2. The van der Waals surface area contributed by atoms with Crippen LogP contribution in [0, 0.1) is 0 Å². The van der Waals surface area contributed by atoms with Gasteiger partial charge in [-0.1, -0.05) is 66.7 Å². The molecule has 5 nitrogen and oxygen atoms in total. The number of nitrogens with one attached hydrogen (secondary N) is 2. The third-order valence-corrected chi connectivity index (χ3v) is 6.31. The van der Waals surface area contributed by atoms with Gasteiger partial charge in [-0.25, -0.2) is 0 Å². The molecule has 0 saturated carbocycles. The molecule has 1 heterocycles. The van der Waals surface area contributed by atoms with E-state index < -0.39 is 0 Å². The average molecular weight is 500 g/mol. The summed E-state index contributed by atoms with van der Waals surface area (Å²) >= 11 is 0. The van der Waals surface area contributed by atoms with Gasteiger partial charge in [-0.2, -0.15) is 0 Å². The Morgan fingerprint density at radius 2 is 1.69 bits per heavy atom. The zero-order valence-electron chi connectivity index (χ0n) is 20.2. The van der Waals surface area contributed by atoms with Gasteiger partial charge in [0.05, 0.1) is 12.6 Å². The summed E-state index contributed by atoms with van der Waals surface area (Å²) < 4.78 is 5.17. The van der Waals surface area contributed by atoms with Gasteiger partial charge in [0, 0.05) is 35.9 Å².